The lowest BCUT2D eigenvalue weighted by Gasteiger charge is -2.20. The minimum atomic E-state index is -0.0293. The Kier molecular flexibility index (Phi) is 4.24. The molecule has 2 aromatic carbocycles. The van der Waals surface area contributed by atoms with E-state index in [-0.39, 0.29) is 5.91 Å². The first-order valence-corrected chi connectivity index (χ1v) is 7.69. The summed E-state index contributed by atoms with van der Waals surface area (Å²) in [6.07, 6.45) is 1.65. The fraction of sp³-hybridized carbons (Fsp3) is 0.158. The van der Waals surface area contributed by atoms with E-state index in [9.17, 15) is 4.79 Å². The number of benzene rings is 2. The largest absolute Gasteiger partial charge is 0.309 e. The average Bonchev–Trinajstić information content (AvgIpc) is 2.99. The second kappa shape index (κ2) is 6.48. The number of hydrogen-bond acceptors (Lipinski definition) is 2. The van der Waals surface area contributed by atoms with Crippen LogP contribution in [-0.4, -0.2) is 22.2 Å². The van der Waals surface area contributed by atoms with Crippen LogP contribution < -0.4 is 4.90 Å². The van der Waals surface area contributed by atoms with Crippen molar-refractivity contribution in [1.82, 2.24) is 9.78 Å². The molecule has 0 fully saturated rings. The van der Waals surface area contributed by atoms with Gasteiger partial charge in [-0.25, -0.2) is 4.68 Å². The fourth-order valence-electron chi connectivity index (χ4n) is 2.65. The van der Waals surface area contributed by atoms with Crippen LogP contribution in [0.15, 0.2) is 66.9 Å². The molecule has 23 heavy (non-hydrogen) atoms. The van der Waals surface area contributed by atoms with E-state index in [1.165, 1.54) is 0 Å². The van der Waals surface area contributed by atoms with Crippen LogP contribution in [0, 0.1) is 6.92 Å². The van der Waals surface area contributed by atoms with Crippen LogP contribution in [0.1, 0.15) is 23.0 Å². The summed E-state index contributed by atoms with van der Waals surface area (Å²) in [6, 6.07) is 19.5. The molecule has 116 valence electrons. The van der Waals surface area contributed by atoms with Crippen LogP contribution in [0.4, 0.5) is 5.69 Å². The summed E-state index contributed by atoms with van der Waals surface area (Å²) in [5.74, 6) is -0.0293. The molecule has 0 aliphatic carbocycles. The predicted molar refractivity (Wildman–Crippen MR) is 92.1 cm³/mol. The lowest BCUT2D eigenvalue weighted by molar-refractivity contribution is 0.0987. The summed E-state index contributed by atoms with van der Waals surface area (Å²) >= 11 is 0. The zero-order valence-corrected chi connectivity index (χ0v) is 13.3. The number of hydrogen-bond donors (Lipinski definition) is 0. The molecule has 0 aliphatic rings. The molecule has 0 saturated heterocycles. The number of carbonyl (C=O) groups excluding carboxylic acids is 1. The van der Waals surface area contributed by atoms with Gasteiger partial charge < -0.3 is 4.90 Å². The Labute approximate surface area is 136 Å². The molecular weight excluding hydrogens is 286 g/mol. The van der Waals surface area contributed by atoms with Crippen molar-refractivity contribution in [2.45, 2.75) is 13.8 Å². The highest BCUT2D eigenvalue weighted by Crippen LogP contribution is 2.20. The standard InChI is InChI=1S/C19H19N3O/c1-3-21(16-10-6-4-7-11-16)19(23)18-14-20-22(15(18)2)17-12-8-5-9-13-17/h4-14H,3H2,1-2H3. The predicted octanol–water partition coefficient (Wildman–Crippen LogP) is 3.85. The van der Waals surface area contributed by atoms with Crippen LogP contribution in [0.25, 0.3) is 5.69 Å². The van der Waals surface area contributed by atoms with Crippen molar-refractivity contribution in [3.8, 4) is 5.69 Å². The van der Waals surface area contributed by atoms with Gasteiger partial charge in [0, 0.05) is 12.2 Å². The average molecular weight is 305 g/mol. The molecule has 0 N–H and O–H groups in total. The van der Waals surface area contributed by atoms with E-state index in [0.717, 1.165) is 17.1 Å². The van der Waals surface area contributed by atoms with Gasteiger partial charge in [0.05, 0.1) is 23.1 Å². The number of amides is 1. The van der Waals surface area contributed by atoms with Gasteiger partial charge in [-0.1, -0.05) is 36.4 Å². The number of para-hydroxylation sites is 2. The van der Waals surface area contributed by atoms with Gasteiger partial charge in [0.2, 0.25) is 0 Å². The highest BCUT2D eigenvalue weighted by molar-refractivity contribution is 6.06. The van der Waals surface area contributed by atoms with Crippen LogP contribution in [-0.2, 0) is 0 Å². The Morgan fingerprint density at radius 3 is 2.26 bits per heavy atom. The smallest absolute Gasteiger partial charge is 0.261 e. The van der Waals surface area contributed by atoms with E-state index in [0.29, 0.717) is 12.1 Å². The van der Waals surface area contributed by atoms with Gasteiger partial charge in [-0.3, -0.25) is 4.79 Å². The molecule has 0 saturated carbocycles. The van der Waals surface area contributed by atoms with E-state index in [2.05, 4.69) is 5.10 Å². The molecule has 1 aromatic heterocycles. The van der Waals surface area contributed by atoms with Gasteiger partial charge in [0.15, 0.2) is 0 Å². The Morgan fingerprint density at radius 1 is 1.04 bits per heavy atom. The molecule has 0 aliphatic heterocycles. The third kappa shape index (κ3) is 2.88. The normalized spacial score (nSPS) is 10.5. The molecule has 4 nitrogen and oxygen atoms in total. The monoisotopic (exact) mass is 305 g/mol. The molecule has 3 rings (SSSR count). The van der Waals surface area contributed by atoms with Crippen LogP contribution in [0.2, 0.25) is 0 Å². The summed E-state index contributed by atoms with van der Waals surface area (Å²) in [6.45, 7) is 4.51. The minimum Gasteiger partial charge on any atom is -0.309 e. The lowest BCUT2D eigenvalue weighted by atomic mass is 10.2. The maximum absolute atomic E-state index is 12.9. The minimum absolute atomic E-state index is 0.0293. The van der Waals surface area contributed by atoms with E-state index in [1.54, 1.807) is 15.8 Å². The van der Waals surface area contributed by atoms with Gasteiger partial charge in [-0.2, -0.15) is 5.10 Å². The fourth-order valence-corrected chi connectivity index (χ4v) is 2.65. The number of nitrogens with zero attached hydrogens (tertiary/aromatic N) is 3. The Morgan fingerprint density at radius 2 is 1.65 bits per heavy atom. The van der Waals surface area contributed by atoms with Crippen molar-refractivity contribution in [1.29, 1.82) is 0 Å². The molecule has 1 heterocycles. The zero-order chi connectivity index (χ0) is 16.2. The van der Waals surface area contributed by atoms with Crippen LogP contribution in [0.5, 0.6) is 0 Å². The molecule has 0 radical (unpaired) electrons. The Hall–Kier alpha value is -2.88. The van der Waals surface area contributed by atoms with Crippen LogP contribution >= 0.6 is 0 Å². The molecule has 1 amide bonds. The van der Waals surface area contributed by atoms with Gasteiger partial charge in [-0.05, 0) is 38.1 Å². The van der Waals surface area contributed by atoms with Crippen molar-refractivity contribution in [3.63, 3.8) is 0 Å². The van der Waals surface area contributed by atoms with Crippen molar-refractivity contribution in [2.75, 3.05) is 11.4 Å². The number of anilines is 1. The number of rotatable bonds is 4. The summed E-state index contributed by atoms with van der Waals surface area (Å²) in [5.41, 5.74) is 3.31. The molecule has 4 heteroatoms. The topological polar surface area (TPSA) is 38.1 Å². The SMILES string of the molecule is CCN(C(=O)c1cnn(-c2ccccc2)c1C)c1ccccc1. The first-order chi connectivity index (χ1) is 11.2. The van der Waals surface area contributed by atoms with Gasteiger partial charge in [-0.15, -0.1) is 0 Å². The first-order valence-electron chi connectivity index (χ1n) is 7.69. The van der Waals surface area contributed by atoms with E-state index < -0.39 is 0 Å². The first kappa shape index (κ1) is 15.0. The summed E-state index contributed by atoms with van der Waals surface area (Å²) in [7, 11) is 0. The molecule has 0 unspecified atom stereocenters. The third-order valence-corrected chi connectivity index (χ3v) is 3.87. The second-order valence-electron chi connectivity index (χ2n) is 5.28. The number of carbonyl (C=O) groups is 1. The van der Waals surface area contributed by atoms with Crippen molar-refractivity contribution < 1.29 is 4.79 Å². The van der Waals surface area contributed by atoms with E-state index >= 15 is 0 Å². The Balaban J connectivity index is 1.96. The molecule has 3 aromatic rings. The molecule has 0 spiro atoms. The van der Waals surface area contributed by atoms with Gasteiger partial charge in [0.1, 0.15) is 0 Å². The van der Waals surface area contributed by atoms with Gasteiger partial charge >= 0.3 is 0 Å². The molecule has 0 bridgehead atoms. The summed E-state index contributed by atoms with van der Waals surface area (Å²) in [5, 5.41) is 4.39. The quantitative estimate of drug-likeness (QED) is 0.734. The Bertz CT molecular complexity index is 794. The maximum atomic E-state index is 12.9. The van der Waals surface area contributed by atoms with E-state index in [1.807, 2.05) is 74.5 Å². The summed E-state index contributed by atoms with van der Waals surface area (Å²) in [4.78, 5) is 14.7. The zero-order valence-electron chi connectivity index (χ0n) is 13.3. The molecular formula is C19H19N3O. The lowest BCUT2D eigenvalue weighted by Crippen LogP contribution is -2.30. The van der Waals surface area contributed by atoms with Crippen LogP contribution in [0.3, 0.4) is 0 Å². The highest BCUT2D eigenvalue weighted by atomic mass is 16.2. The number of aromatic nitrogens is 2. The van der Waals surface area contributed by atoms with Crippen molar-refractivity contribution >= 4 is 11.6 Å². The maximum Gasteiger partial charge on any atom is 0.261 e. The van der Waals surface area contributed by atoms with Crippen molar-refractivity contribution in [3.05, 3.63) is 78.1 Å². The highest BCUT2D eigenvalue weighted by Gasteiger charge is 2.21. The van der Waals surface area contributed by atoms with Crippen molar-refractivity contribution in [2.24, 2.45) is 0 Å². The van der Waals surface area contributed by atoms with Gasteiger partial charge in [0.25, 0.3) is 5.91 Å². The van der Waals surface area contributed by atoms with E-state index in [4.69, 9.17) is 0 Å². The third-order valence-electron chi connectivity index (χ3n) is 3.87. The second-order valence-corrected chi connectivity index (χ2v) is 5.28. The molecule has 0 atom stereocenters. The summed E-state index contributed by atoms with van der Waals surface area (Å²) < 4.78 is 1.80.